The van der Waals surface area contributed by atoms with Gasteiger partial charge >= 0.3 is 0 Å². The van der Waals surface area contributed by atoms with Crippen LogP contribution in [0.15, 0.2) is 12.1 Å². The van der Waals surface area contributed by atoms with Gasteiger partial charge in [-0.2, -0.15) is 0 Å². The number of likely N-dealkylation sites (N-methyl/N-ethyl adjacent to an activating group) is 1. The molecule has 0 aliphatic heterocycles. The van der Waals surface area contributed by atoms with Crippen LogP contribution in [0.2, 0.25) is 0 Å². The van der Waals surface area contributed by atoms with Gasteiger partial charge < -0.3 is 19.5 Å². The zero-order valence-corrected chi connectivity index (χ0v) is 11.2. The maximum absolute atomic E-state index is 5.41. The summed E-state index contributed by atoms with van der Waals surface area (Å²) >= 11 is 0. The van der Waals surface area contributed by atoms with Crippen molar-refractivity contribution < 1.29 is 14.2 Å². The summed E-state index contributed by atoms with van der Waals surface area (Å²) in [6, 6.07) is 3.76. The number of hydrogen-bond donors (Lipinski definition) is 1. The van der Waals surface area contributed by atoms with Gasteiger partial charge in [0.2, 0.25) is 0 Å². The molecule has 0 saturated carbocycles. The van der Waals surface area contributed by atoms with E-state index in [4.69, 9.17) is 14.2 Å². The number of methoxy groups -OCH3 is 3. The predicted octanol–water partition coefficient (Wildman–Crippen LogP) is 2.04. The van der Waals surface area contributed by atoms with E-state index in [-0.39, 0.29) is 0 Å². The van der Waals surface area contributed by atoms with Crippen molar-refractivity contribution in [3.8, 4) is 17.2 Å². The molecular formula is C13H21NO3. The molecule has 4 heteroatoms. The van der Waals surface area contributed by atoms with Gasteiger partial charge in [-0.3, -0.25) is 0 Å². The lowest BCUT2D eigenvalue weighted by molar-refractivity contribution is 0.364. The highest BCUT2D eigenvalue weighted by atomic mass is 16.5. The third-order valence-electron chi connectivity index (χ3n) is 2.76. The standard InChI is InChI=1S/C13H21NO3/c1-9(8-14-2)13-11(16-4)6-10(15-3)7-12(13)17-5/h6-7,9,14H,8H2,1-5H3. The van der Waals surface area contributed by atoms with Gasteiger partial charge in [0.25, 0.3) is 0 Å². The summed E-state index contributed by atoms with van der Waals surface area (Å²) < 4.78 is 16.0. The van der Waals surface area contributed by atoms with Crippen LogP contribution in [0.3, 0.4) is 0 Å². The Labute approximate surface area is 103 Å². The van der Waals surface area contributed by atoms with Crippen LogP contribution in [-0.4, -0.2) is 34.9 Å². The number of ether oxygens (including phenoxy) is 3. The molecule has 1 rings (SSSR count). The van der Waals surface area contributed by atoms with Gasteiger partial charge in [-0.1, -0.05) is 6.92 Å². The maximum atomic E-state index is 5.41. The number of hydrogen-bond acceptors (Lipinski definition) is 4. The van der Waals surface area contributed by atoms with Gasteiger partial charge in [-0.25, -0.2) is 0 Å². The first-order valence-electron chi connectivity index (χ1n) is 5.62. The lowest BCUT2D eigenvalue weighted by atomic mass is 9.98. The molecule has 1 aromatic carbocycles. The Morgan fingerprint density at radius 3 is 1.94 bits per heavy atom. The molecule has 1 atom stereocenters. The van der Waals surface area contributed by atoms with E-state index in [1.54, 1.807) is 21.3 Å². The summed E-state index contributed by atoms with van der Waals surface area (Å²) in [6.07, 6.45) is 0. The molecule has 0 radical (unpaired) electrons. The monoisotopic (exact) mass is 239 g/mol. The van der Waals surface area contributed by atoms with Crippen molar-refractivity contribution in [3.63, 3.8) is 0 Å². The van der Waals surface area contributed by atoms with Crippen LogP contribution in [0.5, 0.6) is 17.2 Å². The van der Waals surface area contributed by atoms with E-state index in [2.05, 4.69) is 12.2 Å². The summed E-state index contributed by atoms with van der Waals surface area (Å²) in [5, 5.41) is 3.15. The summed E-state index contributed by atoms with van der Waals surface area (Å²) in [7, 11) is 6.87. The summed E-state index contributed by atoms with van der Waals surface area (Å²) in [5.41, 5.74) is 1.06. The number of rotatable bonds is 6. The van der Waals surface area contributed by atoms with Crippen LogP contribution >= 0.6 is 0 Å². The van der Waals surface area contributed by atoms with Crippen LogP contribution in [0.25, 0.3) is 0 Å². The zero-order chi connectivity index (χ0) is 12.8. The predicted molar refractivity (Wildman–Crippen MR) is 68.4 cm³/mol. The van der Waals surface area contributed by atoms with E-state index in [9.17, 15) is 0 Å². The Bertz CT molecular complexity index is 341. The smallest absolute Gasteiger partial charge is 0.129 e. The van der Waals surface area contributed by atoms with Crippen LogP contribution in [-0.2, 0) is 0 Å². The average Bonchev–Trinajstić information content (AvgIpc) is 2.37. The topological polar surface area (TPSA) is 39.7 Å². The first-order valence-corrected chi connectivity index (χ1v) is 5.62. The average molecular weight is 239 g/mol. The Hall–Kier alpha value is -1.42. The third kappa shape index (κ3) is 3.03. The van der Waals surface area contributed by atoms with Crippen LogP contribution < -0.4 is 19.5 Å². The van der Waals surface area contributed by atoms with Crippen molar-refractivity contribution in [2.45, 2.75) is 12.8 Å². The molecule has 0 heterocycles. The van der Waals surface area contributed by atoms with E-state index in [0.717, 1.165) is 29.4 Å². The van der Waals surface area contributed by atoms with Crippen LogP contribution in [0.4, 0.5) is 0 Å². The largest absolute Gasteiger partial charge is 0.496 e. The molecule has 1 aromatic rings. The van der Waals surface area contributed by atoms with Gasteiger partial charge in [0.15, 0.2) is 0 Å². The second-order valence-electron chi connectivity index (χ2n) is 3.90. The molecule has 1 N–H and O–H groups in total. The minimum absolute atomic E-state index is 0.302. The van der Waals surface area contributed by atoms with Gasteiger partial charge in [-0.05, 0) is 7.05 Å². The van der Waals surface area contributed by atoms with Crippen molar-refractivity contribution in [2.75, 3.05) is 34.9 Å². The van der Waals surface area contributed by atoms with Crippen molar-refractivity contribution in [3.05, 3.63) is 17.7 Å². The summed E-state index contributed by atoms with van der Waals surface area (Å²) in [5.74, 6) is 2.63. The first-order chi connectivity index (χ1) is 8.17. The fraction of sp³-hybridized carbons (Fsp3) is 0.538. The fourth-order valence-electron chi connectivity index (χ4n) is 1.93. The Balaban J connectivity index is 3.23. The van der Waals surface area contributed by atoms with Gasteiger partial charge in [-0.15, -0.1) is 0 Å². The second-order valence-corrected chi connectivity index (χ2v) is 3.90. The number of benzene rings is 1. The van der Waals surface area contributed by atoms with Crippen molar-refractivity contribution in [2.24, 2.45) is 0 Å². The fourth-order valence-corrected chi connectivity index (χ4v) is 1.93. The molecule has 0 aromatic heterocycles. The number of nitrogens with one attached hydrogen (secondary N) is 1. The van der Waals surface area contributed by atoms with E-state index in [0.29, 0.717) is 5.92 Å². The molecule has 17 heavy (non-hydrogen) atoms. The molecule has 96 valence electrons. The lowest BCUT2D eigenvalue weighted by Crippen LogP contribution is -2.16. The Morgan fingerprint density at radius 2 is 1.59 bits per heavy atom. The highest BCUT2D eigenvalue weighted by molar-refractivity contribution is 5.52. The highest BCUT2D eigenvalue weighted by Gasteiger charge is 2.18. The SMILES string of the molecule is CNCC(C)c1c(OC)cc(OC)cc1OC. The van der Waals surface area contributed by atoms with E-state index in [1.165, 1.54) is 0 Å². The van der Waals surface area contributed by atoms with Gasteiger partial charge in [0, 0.05) is 30.2 Å². The Kier molecular flexibility index (Phi) is 5.10. The molecule has 0 aliphatic carbocycles. The zero-order valence-electron chi connectivity index (χ0n) is 11.2. The minimum Gasteiger partial charge on any atom is -0.496 e. The van der Waals surface area contributed by atoms with E-state index in [1.807, 2.05) is 19.2 Å². The van der Waals surface area contributed by atoms with Crippen molar-refractivity contribution in [1.82, 2.24) is 5.32 Å². The maximum Gasteiger partial charge on any atom is 0.129 e. The second kappa shape index (κ2) is 6.35. The van der Waals surface area contributed by atoms with Crippen molar-refractivity contribution >= 4 is 0 Å². The molecule has 0 fully saturated rings. The molecule has 4 nitrogen and oxygen atoms in total. The van der Waals surface area contributed by atoms with Crippen LogP contribution in [0, 0.1) is 0 Å². The summed E-state index contributed by atoms with van der Waals surface area (Å²) in [4.78, 5) is 0. The Morgan fingerprint density at radius 1 is 1.06 bits per heavy atom. The lowest BCUT2D eigenvalue weighted by Gasteiger charge is -2.19. The molecule has 0 amide bonds. The molecular weight excluding hydrogens is 218 g/mol. The van der Waals surface area contributed by atoms with E-state index >= 15 is 0 Å². The van der Waals surface area contributed by atoms with Crippen molar-refractivity contribution in [1.29, 1.82) is 0 Å². The quantitative estimate of drug-likeness (QED) is 0.824. The molecule has 0 bridgehead atoms. The third-order valence-corrected chi connectivity index (χ3v) is 2.76. The molecule has 0 aliphatic rings. The molecule has 0 spiro atoms. The highest BCUT2D eigenvalue weighted by Crippen LogP contribution is 2.38. The molecule has 0 saturated heterocycles. The van der Waals surface area contributed by atoms with E-state index < -0.39 is 0 Å². The molecule has 1 unspecified atom stereocenters. The first kappa shape index (κ1) is 13.6. The minimum atomic E-state index is 0.302. The van der Waals surface area contributed by atoms with Gasteiger partial charge in [0.05, 0.1) is 21.3 Å². The normalized spacial score (nSPS) is 12.1. The summed E-state index contributed by atoms with van der Waals surface area (Å²) in [6.45, 7) is 2.99. The van der Waals surface area contributed by atoms with Gasteiger partial charge in [0.1, 0.15) is 17.2 Å². The van der Waals surface area contributed by atoms with Crippen LogP contribution in [0.1, 0.15) is 18.4 Å².